The van der Waals surface area contributed by atoms with Crippen molar-refractivity contribution in [2.75, 3.05) is 18.4 Å². The van der Waals surface area contributed by atoms with Gasteiger partial charge in [-0.3, -0.25) is 0 Å². The lowest BCUT2D eigenvalue weighted by molar-refractivity contribution is 0.116. The van der Waals surface area contributed by atoms with Gasteiger partial charge in [0, 0.05) is 12.6 Å². The molecule has 0 rings (SSSR count). The zero-order chi connectivity index (χ0) is 11.2. The van der Waals surface area contributed by atoms with Crippen molar-refractivity contribution in [3.63, 3.8) is 0 Å². The van der Waals surface area contributed by atoms with Crippen LogP contribution >= 0.6 is 11.6 Å². The van der Waals surface area contributed by atoms with Crippen LogP contribution < -0.4 is 4.72 Å². The second-order valence-electron chi connectivity index (χ2n) is 3.35. The van der Waals surface area contributed by atoms with Gasteiger partial charge in [0.15, 0.2) is 0 Å². The van der Waals surface area contributed by atoms with Gasteiger partial charge in [0.05, 0.1) is 6.61 Å². The number of alkyl halides is 1. The van der Waals surface area contributed by atoms with Gasteiger partial charge in [0.1, 0.15) is 5.21 Å². The van der Waals surface area contributed by atoms with Crippen molar-refractivity contribution in [3.8, 4) is 0 Å². The maximum atomic E-state index is 11.2. The SMILES string of the molecule is CCOCC(NS(=O)(=O)CCl)C(C)C. The molecule has 4 nitrogen and oxygen atoms in total. The van der Waals surface area contributed by atoms with E-state index in [4.69, 9.17) is 16.3 Å². The van der Waals surface area contributed by atoms with Crippen molar-refractivity contribution in [1.82, 2.24) is 4.72 Å². The van der Waals surface area contributed by atoms with Crippen LogP contribution in [0.2, 0.25) is 0 Å². The first-order valence-electron chi connectivity index (χ1n) is 4.56. The molecule has 6 heteroatoms. The summed E-state index contributed by atoms with van der Waals surface area (Å²) in [5.41, 5.74) is 0. The fourth-order valence-corrected chi connectivity index (χ4v) is 1.92. The average Bonchev–Trinajstić information content (AvgIpc) is 2.12. The van der Waals surface area contributed by atoms with E-state index in [0.717, 1.165) is 0 Å². The van der Waals surface area contributed by atoms with Crippen LogP contribution in [0.25, 0.3) is 0 Å². The number of hydrogen-bond acceptors (Lipinski definition) is 3. The average molecular weight is 244 g/mol. The van der Waals surface area contributed by atoms with E-state index in [2.05, 4.69) is 4.72 Å². The lowest BCUT2D eigenvalue weighted by Gasteiger charge is -2.21. The van der Waals surface area contributed by atoms with E-state index in [0.29, 0.717) is 13.2 Å². The molecule has 1 N–H and O–H groups in total. The molecule has 0 saturated carbocycles. The maximum absolute atomic E-state index is 11.2. The zero-order valence-electron chi connectivity index (χ0n) is 8.79. The number of rotatable bonds is 7. The molecule has 0 radical (unpaired) electrons. The first-order valence-corrected chi connectivity index (χ1v) is 6.75. The summed E-state index contributed by atoms with van der Waals surface area (Å²) in [6.45, 7) is 6.68. The molecule has 0 spiro atoms. The highest BCUT2D eigenvalue weighted by Gasteiger charge is 2.19. The van der Waals surface area contributed by atoms with Crippen LogP contribution in [0.3, 0.4) is 0 Å². The Morgan fingerprint density at radius 2 is 2.00 bits per heavy atom. The number of hydrogen-bond donors (Lipinski definition) is 1. The summed E-state index contributed by atoms with van der Waals surface area (Å²) in [6, 6.07) is -0.210. The molecular weight excluding hydrogens is 226 g/mol. The van der Waals surface area contributed by atoms with Crippen molar-refractivity contribution < 1.29 is 13.2 Å². The van der Waals surface area contributed by atoms with Crippen LogP contribution in [0.4, 0.5) is 0 Å². The summed E-state index contributed by atoms with van der Waals surface area (Å²) in [6.07, 6.45) is 0. The van der Waals surface area contributed by atoms with Gasteiger partial charge in [0.2, 0.25) is 10.0 Å². The highest BCUT2D eigenvalue weighted by atomic mass is 35.5. The summed E-state index contributed by atoms with van der Waals surface area (Å²) >= 11 is 5.28. The monoisotopic (exact) mass is 243 g/mol. The van der Waals surface area contributed by atoms with Crippen molar-refractivity contribution in [3.05, 3.63) is 0 Å². The van der Waals surface area contributed by atoms with E-state index in [9.17, 15) is 8.42 Å². The Morgan fingerprint density at radius 1 is 1.43 bits per heavy atom. The highest BCUT2D eigenvalue weighted by Crippen LogP contribution is 2.04. The minimum Gasteiger partial charge on any atom is -0.380 e. The molecule has 0 saturated heterocycles. The highest BCUT2D eigenvalue weighted by molar-refractivity contribution is 7.90. The van der Waals surface area contributed by atoms with E-state index < -0.39 is 15.2 Å². The first kappa shape index (κ1) is 14.2. The first-order chi connectivity index (χ1) is 6.43. The molecule has 86 valence electrons. The molecule has 0 aromatic carbocycles. The van der Waals surface area contributed by atoms with Gasteiger partial charge in [0.25, 0.3) is 0 Å². The molecule has 0 aliphatic carbocycles. The van der Waals surface area contributed by atoms with E-state index in [-0.39, 0.29) is 12.0 Å². The Morgan fingerprint density at radius 3 is 2.36 bits per heavy atom. The number of ether oxygens (including phenoxy) is 1. The molecule has 0 amide bonds. The van der Waals surface area contributed by atoms with Crippen LogP contribution in [0.5, 0.6) is 0 Å². The smallest absolute Gasteiger partial charge is 0.225 e. The Labute approximate surface area is 91.0 Å². The van der Waals surface area contributed by atoms with Gasteiger partial charge in [-0.2, -0.15) is 0 Å². The van der Waals surface area contributed by atoms with Crippen LogP contribution in [-0.2, 0) is 14.8 Å². The molecular formula is C8H18ClNO3S. The minimum atomic E-state index is -3.36. The molecule has 0 aromatic rings. The van der Waals surface area contributed by atoms with Gasteiger partial charge in [-0.1, -0.05) is 13.8 Å². The minimum absolute atomic E-state index is 0.180. The molecule has 1 unspecified atom stereocenters. The van der Waals surface area contributed by atoms with Gasteiger partial charge in [-0.15, -0.1) is 11.6 Å². The fourth-order valence-electron chi connectivity index (χ4n) is 0.870. The predicted octanol–water partition coefficient (Wildman–Crippen LogP) is 1.16. The molecule has 1 atom stereocenters. The number of halogens is 1. The zero-order valence-corrected chi connectivity index (χ0v) is 10.4. The molecule has 0 aliphatic rings. The van der Waals surface area contributed by atoms with Crippen molar-refractivity contribution in [2.45, 2.75) is 26.8 Å². The summed E-state index contributed by atoms with van der Waals surface area (Å²) in [7, 11) is -3.36. The molecule has 0 fully saturated rings. The standard InChI is InChI=1S/C8H18ClNO3S/c1-4-13-5-8(7(2)3)10-14(11,12)6-9/h7-8,10H,4-6H2,1-3H3. The van der Waals surface area contributed by atoms with Gasteiger partial charge < -0.3 is 4.74 Å². The van der Waals surface area contributed by atoms with Gasteiger partial charge in [-0.25, -0.2) is 13.1 Å². The molecule has 0 bridgehead atoms. The quantitative estimate of drug-likeness (QED) is 0.683. The third-order valence-electron chi connectivity index (χ3n) is 1.78. The van der Waals surface area contributed by atoms with Crippen LogP contribution in [0.1, 0.15) is 20.8 Å². The van der Waals surface area contributed by atoms with E-state index in [1.807, 2.05) is 20.8 Å². The largest absolute Gasteiger partial charge is 0.380 e. The fraction of sp³-hybridized carbons (Fsp3) is 1.00. The van der Waals surface area contributed by atoms with Gasteiger partial charge >= 0.3 is 0 Å². The summed E-state index contributed by atoms with van der Waals surface area (Å²) in [5.74, 6) is 0.180. The van der Waals surface area contributed by atoms with E-state index in [1.165, 1.54) is 0 Å². The van der Waals surface area contributed by atoms with E-state index >= 15 is 0 Å². The Hall–Kier alpha value is 0.160. The lowest BCUT2D eigenvalue weighted by atomic mass is 10.1. The van der Waals surface area contributed by atoms with Crippen LogP contribution in [0.15, 0.2) is 0 Å². The second-order valence-corrected chi connectivity index (χ2v) is 5.69. The van der Waals surface area contributed by atoms with Crippen molar-refractivity contribution in [1.29, 1.82) is 0 Å². The molecule has 0 aromatic heterocycles. The van der Waals surface area contributed by atoms with Gasteiger partial charge in [-0.05, 0) is 12.8 Å². The normalized spacial score (nSPS) is 14.6. The number of sulfonamides is 1. The van der Waals surface area contributed by atoms with Crippen molar-refractivity contribution in [2.24, 2.45) is 5.92 Å². The Balaban J connectivity index is 4.23. The molecule has 0 heterocycles. The lowest BCUT2D eigenvalue weighted by Crippen LogP contribution is -2.42. The number of nitrogens with one attached hydrogen (secondary N) is 1. The third-order valence-corrected chi connectivity index (χ3v) is 3.59. The summed E-state index contributed by atoms with van der Waals surface area (Å²) < 4.78 is 30.0. The topological polar surface area (TPSA) is 55.4 Å². The van der Waals surface area contributed by atoms with Crippen LogP contribution in [0, 0.1) is 5.92 Å². The second kappa shape index (κ2) is 6.61. The molecule has 14 heavy (non-hydrogen) atoms. The maximum Gasteiger partial charge on any atom is 0.225 e. The Bertz CT molecular complexity index is 241. The van der Waals surface area contributed by atoms with Crippen molar-refractivity contribution >= 4 is 21.6 Å². The van der Waals surface area contributed by atoms with Crippen LogP contribution in [-0.4, -0.2) is 32.9 Å². The van der Waals surface area contributed by atoms with E-state index in [1.54, 1.807) is 0 Å². The Kier molecular flexibility index (Phi) is 6.68. The summed E-state index contributed by atoms with van der Waals surface area (Å²) in [4.78, 5) is 0. The third kappa shape index (κ3) is 5.80. The predicted molar refractivity (Wildman–Crippen MR) is 57.9 cm³/mol. The summed E-state index contributed by atoms with van der Waals surface area (Å²) in [5, 5.41) is -0.414. The molecule has 0 aliphatic heterocycles.